The van der Waals surface area contributed by atoms with Crippen LogP contribution in [0, 0.1) is 12.7 Å². The maximum atomic E-state index is 13.4. The van der Waals surface area contributed by atoms with Crippen molar-refractivity contribution < 1.29 is 9.13 Å². The second kappa shape index (κ2) is 4.49. The summed E-state index contributed by atoms with van der Waals surface area (Å²) >= 11 is 1.47. The summed E-state index contributed by atoms with van der Waals surface area (Å²) in [5.41, 5.74) is 8.53. The van der Waals surface area contributed by atoms with Gasteiger partial charge in [0.05, 0.1) is 10.4 Å². The fraction of sp³-hybridized carbons (Fsp3) is 0.182. The van der Waals surface area contributed by atoms with Crippen LogP contribution in [0.5, 0.6) is 5.75 Å². The minimum absolute atomic E-state index is 0.222. The van der Waals surface area contributed by atoms with E-state index in [1.165, 1.54) is 17.4 Å². The molecule has 3 nitrogen and oxygen atoms in total. The quantitative estimate of drug-likeness (QED) is 0.836. The lowest BCUT2D eigenvalue weighted by molar-refractivity contribution is 0.293. The predicted octanol–water partition coefficient (Wildman–Crippen LogP) is 2.75. The van der Waals surface area contributed by atoms with Crippen LogP contribution in [0.15, 0.2) is 23.8 Å². The highest BCUT2D eigenvalue weighted by Gasteiger charge is 2.07. The molecule has 0 unspecified atom stereocenters. The monoisotopic (exact) mass is 238 g/mol. The zero-order valence-corrected chi connectivity index (χ0v) is 9.55. The molecular formula is C11H11FN2OS. The molecular weight excluding hydrogens is 227 g/mol. The average molecular weight is 238 g/mol. The van der Waals surface area contributed by atoms with Gasteiger partial charge in [-0.15, -0.1) is 11.3 Å². The van der Waals surface area contributed by atoms with Crippen molar-refractivity contribution in [1.29, 1.82) is 0 Å². The van der Waals surface area contributed by atoms with E-state index in [0.717, 1.165) is 10.4 Å². The van der Waals surface area contributed by atoms with Crippen molar-refractivity contribution >= 4 is 17.0 Å². The lowest BCUT2D eigenvalue weighted by Crippen LogP contribution is -1.98. The smallest absolute Gasteiger partial charge is 0.167 e. The van der Waals surface area contributed by atoms with Gasteiger partial charge in [-0.05, 0) is 18.6 Å². The van der Waals surface area contributed by atoms with Crippen molar-refractivity contribution in [1.82, 2.24) is 4.98 Å². The Balaban J connectivity index is 2.12. The lowest BCUT2D eigenvalue weighted by atomic mass is 10.2. The Bertz CT molecular complexity index is 485. The van der Waals surface area contributed by atoms with Crippen LogP contribution in [0.25, 0.3) is 0 Å². The minimum atomic E-state index is -0.437. The molecule has 1 aromatic carbocycles. The standard InChI is InChI=1S/C11H11FN2OS/c1-7-2-11(9(12)3-10(7)13)15-5-8-4-14-6-16-8/h2-4,6H,5,13H2,1H3. The van der Waals surface area contributed by atoms with E-state index in [1.807, 2.05) is 6.92 Å². The summed E-state index contributed by atoms with van der Waals surface area (Å²) in [5.74, 6) is -0.215. The summed E-state index contributed by atoms with van der Waals surface area (Å²) in [6, 6.07) is 2.88. The number of nitrogens with two attached hydrogens (primary N) is 1. The Labute approximate surface area is 96.7 Å². The van der Waals surface area contributed by atoms with Gasteiger partial charge in [0.25, 0.3) is 0 Å². The van der Waals surface area contributed by atoms with Gasteiger partial charge in [0, 0.05) is 18.0 Å². The van der Waals surface area contributed by atoms with Crippen molar-refractivity contribution in [2.75, 3.05) is 5.73 Å². The number of hydrogen-bond acceptors (Lipinski definition) is 4. The topological polar surface area (TPSA) is 48.1 Å². The Hall–Kier alpha value is -1.62. The first kappa shape index (κ1) is 10.9. The molecule has 0 atom stereocenters. The molecule has 0 aliphatic heterocycles. The highest BCUT2D eigenvalue weighted by molar-refractivity contribution is 7.09. The first-order valence-corrected chi connectivity index (χ1v) is 5.60. The fourth-order valence-electron chi connectivity index (χ4n) is 1.24. The number of aryl methyl sites for hydroxylation is 1. The number of nitrogens with zero attached hydrogens (tertiary/aromatic N) is 1. The van der Waals surface area contributed by atoms with Gasteiger partial charge in [-0.1, -0.05) is 0 Å². The van der Waals surface area contributed by atoms with Crippen LogP contribution in [0.1, 0.15) is 10.4 Å². The van der Waals surface area contributed by atoms with Crippen molar-refractivity contribution in [3.63, 3.8) is 0 Å². The maximum absolute atomic E-state index is 13.4. The van der Waals surface area contributed by atoms with E-state index in [0.29, 0.717) is 12.3 Å². The number of nitrogen functional groups attached to an aromatic ring is 1. The molecule has 2 N–H and O–H groups in total. The van der Waals surface area contributed by atoms with Crippen molar-refractivity contribution in [2.45, 2.75) is 13.5 Å². The summed E-state index contributed by atoms with van der Waals surface area (Å²) in [4.78, 5) is 4.87. The van der Waals surface area contributed by atoms with Gasteiger partial charge in [0.2, 0.25) is 0 Å². The van der Waals surface area contributed by atoms with Gasteiger partial charge < -0.3 is 10.5 Å². The van der Waals surface area contributed by atoms with E-state index in [9.17, 15) is 4.39 Å². The zero-order chi connectivity index (χ0) is 11.5. The first-order valence-electron chi connectivity index (χ1n) is 4.72. The molecule has 1 heterocycles. The number of rotatable bonds is 3. The number of hydrogen-bond donors (Lipinski definition) is 1. The summed E-state index contributed by atoms with van der Waals surface area (Å²) in [7, 11) is 0. The number of halogens is 1. The van der Waals surface area contributed by atoms with E-state index >= 15 is 0 Å². The molecule has 1 aromatic heterocycles. The molecule has 0 saturated heterocycles. The third-order valence-corrected chi connectivity index (χ3v) is 2.93. The third kappa shape index (κ3) is 2.30. The molecule has 0 aliphatic carbocycles. The molecule has 0 radical (unpaired) electrons. The van der Waals surface area contributed by atoms with E-state index < -0.39 is 5.82 Å². The van der Waals surface area contributed by atoms with Gasteiger partial charge in [-0.25, -0.2) is 4.39 Å². The van der Waals surface area contributed by atoms with Crippen molar-refractivity contribution in [3.8, 4) is 5.75 Å². The van der Waals surface area contributed by atoms with Crippen LogP contribution in [-0.2, 0) is 6.61 Å². The summed E-state index contributed by atoms with van der Waals surface area (Å²) < 4.78 is 18.8. The molecule has 84 valence electrons. The van der Waals surface area contributed by atoms with Crippen LogP contribution in [0.2, 0.25) is 0 Å². The molecule has 2 rings (SSSR count). The highest BCUT2D eigenvalue weighted by atomic mass is 32.1. The highest BCUT2D eigenvalue weighted by Crippen LogP contribution is 2.24. The SMILES string of the molecule is Cc1cc(OCc2cncs2)c(F)cc1N. The summed E-state index contributed by atoms with van der Waals surface area (Å²) in [6.45, 7) is 2.14. The largest absolute Gasteiger partial charge is 0.485 e. The van der Waals surface area contributed by atoms with E-state index in [-0.39, 0.29) is 5.75 Å². The molecule has 5 heteroatoms. The maximum Gasteiger partial charge on any atom is 0.167 e. The van der Waals surface area contributed by atoms with Crippen LogP contribution in [0.4, 0.5) is 10.1 Å². The van der Waals surface area contributed by atoms with Gasteiger partial charge in [-0.2, -0.15) is 0 Å². The molecule has 16 heavy (non-hydrogen) atoms. The molecule has 0 aliphatic rings. The average Bonchev–Trinajstić information content (AvgIpc) is 2.74. The Morgan fingerprint density at radius 3 is 3.00 bits per heavy atom. The van der Waals surface area contributed by atoms with E-state index in [4.69, 9.17) is 10.5 Å². The predicted molar refractivity (Wildman–Crippen MR) is 62.0 cm³/mol. The van der Waals surface area contributed by atoms with Gasteiger partial charge in [-0.3, -0.25) is 4.98 Å². The molecule has 0 amide bonds. The van der Waals surface area contributed by atoms with Crippen LogP contribution in [-0.4, -0.2) is 4.98 Å². The minimum Gasteiger partial charge on any atom is -0.485 e. The number of ether oxygens (including phenoxy) is 1. The normalized spacial score (nSPS) is 10.4. The van der Waals surface area contributed by atoms with Gasteiger partial charge in [0.1, 0.15) is 6.61 Å². The van der Waals surface area contributed by atoms with Crippen LogP contribution >= 0.6 is 11.3 Å². The number of thiazole rings is 1. The Morgan fingerprint density at radius 2 is 2.31 bits per heavy atom. The number of anilines is 1. The Morgan fingerprint density at radius 1 is 1.50 bits per heavy atom. The van der Waals surface area contributed by atoms with Crippen LogP contribution < -0.4 is 10.5 Å². The molecule has 0 spiro atoms. The second-order valence-corrected chi connectivity index (χ2v) is 4.37. The fourth-order valence-corrected chi connectivity index (χ4v) is 1.75. The molecule has 0 bridgehead atoms. The van der Waals surface area contributed by atoms with Crippen LogP contribution in [0.3, 0.4) is 0 Å². The van der Waals surface area contributed by atoms with Gasteiger partial charge in [0.15, 0.2) is 11.6 Å². The van der Waals surface area contributed by atoms with Crippen molar-refractivity contribution in [2.24, 2.45) is 0 Å². The van der Waals surface area contributed by atoms with E-state index in [1.54, 1.807) is 17.8 Å². The molecule has 2 aromatic rings. The second-order valence-electron chi connectivity index (χ2n) is 3.40. The summed E-state index contributed by atoms with van der Waals surface area (Å²) in [6.07, 6.45) is 1.70. The first-order chi connectivity index (χ1) is 7.66. The Kier molecular flexibility index (Phi) is 3.05. The molecule has 0 fully saturated rings. The molecule has 0 saturated carbocycles. The van der Waals surface area contributed by atoms with Gasteiger partial charge >= 0.3 is 0 Å². The van der Waals surface area contributed by atoms with E-state index in [2.05, 4.69) is 4.98 Å². The zero-order valence-electron chi connectivity index (χ0n) is 8.74. The number of aromatic nitrogens is 1. The third-order valence-electron chi connectivity index (χ3n) is 2.17. The number of benzene rings is 1. The van der Waals surface area contributed by atoms with Crippen molar-refractivity contribution in [3.05, 3.63) is 40.1 Å². The summed E-state index contributed by atoms with van der Waals surface area (Å²) in [5, 5.41) is 0. The lowest BCUT2D eigenvalue weighted by Gasteiger charge is -2.08.